The fourth-order valence-electron chi connectivity index (χ4n) is 3.32. The lowest BCUT2D eigenvalue weighted by molar-refractivity contribution is -0.121. The summed E-state index contributed by atoms with van der Waals surface area (Å²) in [4.78, 5) is 12.3. The molecule has 2 bridgehead atoms. The number of carbonyl (C=O) groups excluding carboxylic acids is 1. The zero-order valence-electron chi connectivity index (χ0n) is 12.9. The van der Waals surface area contributed by atoms with Gasteiger partial charge in [-0.25, -0.2) is 0 Å². The summed E-state index contributed by atoms with van der Waals surface area (Å²) in [6.45, 7) is 1.91. The van der Waals surface area contributed by atoms with Crippen molar-refractivity contribution in [3.05, 3.63) is 36.0 Å². The van der Waals surface area contributed by atoms with Gasteiger partial charge in [-0.15, -0.1) is 5.10 Å². The van der Waals surface area contributed by atoms with Gasteiger partial charge in [-0.1, -0.05) is 0 Å². The van der Waals surface area contributed by atoms with Crippen molar-refractivity contribution < 1.29 is 14.3 Å². The number of aromatic nitrogens is 2. The fourth-order valence-corrected chi connectivity index (χ4v) is 3.32. The molecular formula is C17H19N3O3. The molecule has 6 heteroatoms. The van der Waals surface area contributed by atoms with E-state index in [2.05, 4.69) is 15.5 Å². The molecule has 3 unspecified atom stereocenters. The van der Waals surface area contributed by atoms with E-state index < -0.39 is 0 Å². The summed E-state index contributed by atoms with van der Waals surface area (Å²) in [5, 5.41) is 9.82. The molecule has 2 aliphatic rings. The summed E-state index contributed by atoms with van der Waals surface area (Å²) in [6, 6.07) is 9.13. The Morgan fingerprint density at radius 3 is 2.78 bits per heavy atom. The summed E-state index contributed by atoms with van der Waals surface area (Å²) in [5.41, 5.74) is 1.71. The van der Waals surface area contributed by atoms with Gasteiger partial charge in [0.05, 0.1) is 18.1 Å². The fraction of sp³-hybridized carbons (Fsp3) is 0.412. The van der Waals surface area contributed by atoms with E-state index >= 15 is 0 Å². The molecule has 2 aliphatic heterocycles. The van der Waals surface area contributed by atoms with Crippen molar-refractivity contribution in [2.45, 2.75) is 38.4 Å². The standard InChI is InChI=1S/C17H19N3O3/c1-10-8-16(20-19-10)23-12-4-2-11(3-5-12)18-17(21)14-9-13-6-7-15(14)22-13/h2-5,8,13-15H,6-7,9H2,1H3,(H,18,21)(H,19,20). The highest BCUT2D eigenvalue weighted by atomic mass is 16.5. The molecule has 6 nitrogen and oxygen atoms in total. The average molecular weight is 313 g/mol. The van der Waals surface area contributed by atoms with Crippen LogP contribution in [0.1, 0.15) is 25.0 Å². The van der Waals surface area contributed by atoms with E-state index in [-0.39, 0.29) is 24.0 Å². The summed E-state index contributed by atoms with van der Waals surface area (Å²) in [7, 11) is 0. The molecule has 1 amide bonds. The van der Waals surface area contributed by atoms with Gasteiger partial charge in [0.25, 0.3) is 0 Å². The van der Waals surface area contributed by atoms with E-state index in [0.29, 0.717) is 11.6 Å². The number of H-pyrrole nitrogens is 1. The number of aromatic amines is 1. The number of aryl methyl sites for hydroxylation is 1. The molecule has 2 fully saturated rings. The van der Waals surface area contributed by atoms with E-state index in [1.165, 1.54) is 0 Å². The Bertz CT molecular complexity index is 710. The Balaban J connectivity index is 1.37. The molecule has 0 spiro atoms. The first-order chi connectivity index (χ1) is 11.2. The molecular weight excluding hydrogens is 294 g/mol. The van der Waals surface area contributed by atoms with Crippen LogP contribution in [0, 0.1) is 12.8 Å². The Labute approximate surface area is 134 Å². The SMILES string of the molecule is Cc1cc(Oc2ccc(NC(=O)C3CC4CCC3O4)cc2)n[nH]1. The summed E-state index contributed by atoms with van der Waals surface area (Å²) in [5.74, 6) is 1.24. The number of benzene rings is 1. The number of ether oxygens (including phenoxy) is 2. The predicted molar refractivity (Wildman–Crippen MR) is 84.5 cm³/mol. The summed E-state index contributed by atoms with van der Waals surface area (Å²) >= 11 is 0. The maximum atomic E-state index is 12.3. The van der Waals surface area contributed by atoms with Crippen molar-refractivity contribution in [3.63, 3.8) is 0 Å². The van der Waals surface area contributed by atoms with Crippen LogP contribution in [0.15, 0.2) is 30.3 Å². The number of carbonyl (C=O) groups is 1. The van der Waals surface area contributed by atoms with Gasteiger partial charge in [0.15, 0.2) is 0 Å². The lowest BCUT2D eigenvalue weighted by Crippen LogP contribution is -2.30. The molecule has 2 saturated heterocycles. The van der Waals surface area contributed by atoms with E-state index in [0.717, 1.165) is 30.6 Å². The van der Waals surface area contributed by atoms with E-state index in [1.54, 1.807) is 0 Å². The first kappa shape index (κ1) is 14.3. The third-order valence-electron chi connectivity index (χ3n) is 4.47. The minimum Gasteiger partial charge on any atom is -0.438 e. The molecule has 0 aliphatic carbocycles. The molecule has 1 aromatic carbocycles. The number of anilines is 1. The highest BCUT2D eigenvalue weighted by Crippen LogP contribution is 2.39. The first-order valence-electron chi connectivity index (χ1n) is 7.93. The number of fused-ring (bicyclic) bond motifs is 2. The molecule has 4 rings (SSSR count). The minimum absolute atomic E-state index is 0.0169. The van der Waals surface area contributed by atoms with E-state index in [9.17, 15) is 4.79 Å². The Morgan fingerprint density at radius 1 is 1.35 bits per heavy atom. The van der Waals surface area contributed by atoms with Crippen LogP contribution >= 0.6 is 0 Å². The van der Waals surface area contributed by atoms with Crippen molar-refractivity contribution in [3.8, 4) is 11.6 Å². The molecule has 120 valence electrons. The van der Waals surface area contributed by atoms with Crippen LogP contribution in [0.3, 0.4) is 0 Å². The maximum absolute atomic E-state index is 12.3. The molecule has 2 N–H and O–H groups in total. The second-order valence-corrected chi connectivity index (χ2v) is 6.22. The predicted octanol–water partition coefficient (Wildman–Crippen LogP) is 3.02. The Kier molecular flexibility index (Phi) is 3.53. The first-order valence-corrected chi connectivity index (χ1v) is 7.93. The molecule has 3 heterocycles. The smallest absolute Gasteiger partial charge is 0.238 e. The molecule has 0 saturated carbocycles. The van der Waals surface area contributed by atoms with Crippen LogP contribution in [0.2, 0.25) is 0 Å². The van der Waals surface area contributed by atoms with Crippen molar-refractivity contribution in [1.82, 2.24) is 10.2 Å². The van der Waals surface area contributed by atoms with Crippen LogP contribution in [-0.2, 0) is 9.53 Å². The number of hydrogen-bond donors (Lipinski definition) is 2. The number of rotatable bonds is 4. The van der Waals surface area contributed by atoms with E-state index in [1.807, 2.05) is 37.3 Å². The minimum atomic E-state index is -0.0169. The van der Waals surface area contributed by atoms with Crippen molar-refractivity contribution >= 4 is 11.6 Å². The number of nitrogens with zero attached hydrogens (tertiary/aromatic N) is 1. The van der Waals surface area contributed by atoms with Gasteiger partial charge in [-0.05, 0) is 50.5 Å². The Hall–Kier alpha value is -2.34. The van der Waals surface area contributed by atoms with Crippen LogP contribution in [0.4, 0.5) is 5.69 Å². The number of nitrogens with one attached hydrogen (secondary N) is 2. The Morgan fingerprint density at radius 2 is 2.17 bits per heavy atom. The topological polar surface area (TPSA) is 76.2 Å². The largest absolute Gasteiger partial charge is 0.438 e. The number of amides is 1. The number of hydrogen-bond acceptors (Lipinski definition) is 4. The molecule has 0 radical (unpaired) electrons. The lowest BCUT2D eigenvalue weighted by atomic mass is 9.88. The normalized spacial score (nSPS) is 25.5. The molecule has 3 atom stereocenters. The van der Waals surface area contributed by atoms with Crippen LogP contribution in [-0.4, -0.2) is 28.3 Å². The third kappa shape index (κ3) is 2.94. The van der Waals surface area contributed by atoms with Crippen molar-refractivity contribution in [2.24, 2.45) is 5.92 Å². The van der Waals surface area contributed by atoms with Gasteiger partial charge in [0, 0.05) is 17.4 Å². The van der Waals surface area contributed by atoms with Crippen LogP contribution < -0.4 is 10.1 Å². The van der Waals surface area contributed by atoms with Crippen LogP contribution in [0.25, 0.3) is 0 Å². The van der Waals surface area contributed by atoms with E-state index in [4.69, 9.17) is 9.47 Å². The van der Waals surface area contributed by atoms with Gasteiger partial charge in [0.1, 0.15) is 5.75 Å². The lowest BCUT2D eigenvalue weighted by Gasteiger charge is -2.18. The van der Waals surface area contributed by atoms with Gasteiger partial charge >= 0.3 is 0 Å². The van der Waals surface area contributed by atoms with Crippen LogP contribution in [0.5, 0.6) is 11.6 Å². The van der Waals surface area contributed by atoms with Gasteiger partial charge < -0.3 is 14.8 Å². The van der Waals surface area contributed by atoms with Crippen molar-refractivity contribution in [2.75, 3.05) is 5.32 Å². The van der Waals surface area contributed by atoms with Gasteiger partial charge in [0.2, 0.25) is 11.8 Å². The molecule has 1 aromatic heterocycles. The quantitative estimate of drug-likeness (QED) is 0.909. The highest BCUT2D eigenvalue weighted by Gasteiger charge is 2.44. The highest BCUT2D eigenvalue weighted by molar-refractivity contribution is 5.93. The second kappa shape index (κ2) is 5.70. The zero-order chi connectivity index (χ0) is 15.8. The van der Waals surface area contributed by atoms with Crippen molar-refractivity contribution in [1.29, 1.82) is 0 Å². The monoisotopic (exact) mass is 313 g/mol. The maximum Gasteiger partial charge on any atom is 0.238 e. The molecule has 2 aromatic rings. The van der Waals surface area contributed by atoms with Gasteiger partial charge in [-0.2, -0.15) is 0 Å². The summed E-state index contributed by atoms with van der Waals surface area (Å²) in [6.07, 6.45) is 3.32. The average Bonchev–Trinajstić information content (AvgIpc) is 3.26. The summed E-state index contributed by atoms with van der Waals surface area (Å²) < 4.78 is 11.4. The molecule has 23 heavy (non-hydrogen) atoms. The van der Waals surface area contributed by atoms with Gasteiger partial charge in [-0.3, -0.25) is 9.89 Å². The third-order valence-corrected chi connectivity index (χ3v) is 4.47. The zero-order valence-corrected chi connectivity index (χ0v) is 12.9. The second-order valence-electron chi connectivity index (χ2n) is 6.22.